The van der Waals surface area contributed by atoms with Crippen LogP contribution in [0.15, 0.2) is 60.0 Å². The van der Waals surface area contributed by atoms with Crippen LogP contribution in [-0.2, 0) is 17.8 Å². The van der Waals surface area contributed by atoms with Gasteiger partial charge in [0.05, 0.1) is 23.7 Å². The average molecular weight is 336 g/mol. The second-order valence-electron chi connectivity index (χ2n) is 5.84. The molecule has 0 aliphatic heterocycles. The van der Waals surface area contributed by atoms with Crippen molar-refractivity contribution in [3.8, 4) is 0 Å². The Kier molecular flexibility index (Phi) is 5.06. The molecule has 1 amide bonds. The van der Waals surface area contributed by atoms with Gasteiger partial charge in [0.2, 0.25) is 5.91 Å². The van der Waals surface area contributed by atoms with E-state index in [0.29, 0.717) is 13.0 Å². The van der Waals surface area contributed by atoms with Crippen LogP contribution >= 0.6 is 11.3 Å². The smallest absolute Gasteiger partial charge is 0.233 e. The number of thiazole rings is 1. The minimum absolute atomic E-state index is 0.0630. The maximum absolute atomic E-state index is 12.9. The summed E-state index contributed by atoms with van der Waals surface area (Å²) in [4.78, 5) is 19.2. The summed E-state index contributed by atoms with van der Waals surface area (Å²) in [5, 5.41) is 2.95. The predicted octanol–water partition coefficient (Wildman–Crippen LogP) is 4.54. The molecular weight excluding hydrogens is 316 g/mol. The molecule has 0 atom stereocenters. The maximum atomic E-state index is 12.9. The first-order chi connectivity index (χ1) is 11.6. The lowest BCUT2D eigenvalue weighted by Gasteiger charge is -2.23. The molecule has 3 aromatic rings. The van der Waals surface area contributed by atoms with Crippen LogP contribution in [0, 0.1) is 13.8 Å². The summed E-state index contributed by atoms with van der Waals surface area (Å²) >= 11 is 1.58. The fraction of sp³-hybridized carbons (Fsp3) is 0.200. The van der Waals surface area contributed by atoms with E-state index in [1.54, 1.807) is 11.3 Å². The molecule has 0 aliphatic carbocycles. The van der Waals surface area contributed by atoms with Gasteiger partial charge < -0.3 is 4.90 Å². The molecule has 0 fully saturated rings. The monoisotopic (exact) mass is 336 g/mol. The van der Waals surface area contributed by atoms with Gasteiger partial charge in [0.25, 0.3) is 0 Å². The van der Waals surface area contributed by atoms with Gasteiger partial charge in [0, 0.05) is 11.1 Å². The normalized spacial score (nSPS) is 10.6. The maximum Gasteiger partial charge on any atom is 0.233 e. The van der Waals surface area contributed by atoms with Crippen LogP contribution in [0.3, 0.4) is 0 Å². The summed E-state index contributed by atoms with van der Waals surface area (Å²) in [5.41, 5.74) is 4.05. The number of hydrogen-bond donors (Lipinski definition) is 0. The van der Waals surface area contributed by atoms with E-state index in [4.69, 9.17) is 0 Å². The van der Waals surface area contributed by atoms with E-state index >= 15 is 0 Å². The highest BCUT2D eigenvalue weighted by Gasteiger charge is 2.18. The number of nitrogens with zero attached hydrogens (tertiary/aromatic N) is 2. The van der Waals surface area contributed by atoms with Crippen LogP contribution < -0.4 is 4.90 Å². The van der Waals surface area contributed by atoms with Gasteiger partial charge in [-0.15, -0.1) is 11.3 Å². The molecule has 3 rings (SSSR count). The molecule has 0 N–H and O–H groups in total. The molecule has 3 nitrogen and oxygen atoms in total. The molecule has 0 saturated heterocycles. The van der Waals surface area contributed by atoms with Crippen LogP contribution in [0.4, 0.5) is 5.69 Å². The van der Waals surface area contributed by atoms with Gasteiger partial charge in [-0.3, -0.25) is 4.79 Å². The van der Waals surface area contributed by atoms with Gasteiger partial charge in [-0.25, -0.2) is 4.98 Å². The Morgan fingerprint density at radius 2 is 1.75 bits per heavy atom. The molecule has 0 aliphatic rings. The Morgan fingerprint density at radius 3 is 2.38 bits per heavy atom. The van der Waals surface area contributed by atoms with Crippen molar-refractivity contribution in [2.45, 2.75) is 26.8 Å². The topological polar surface area (TPSA) is 33.2 Å². The third-order valence-electron chi connectivity index (χ3n) is 3.83. The minimum Gasteiger partial charge on any atom is -0.308 e. The number of amides is 1. The van der Waals surface area contributed by atoms with Crippen LogP contribution in [0.1, 0.15) is 21.8 Å². The molecule has 0 bridgehead atoms. The molecule has 0 unspecified atom stereocenters. The van der Waals surface area contributed by atoms with E-state index in [1.807, 2.05) is 78.7 Å². The Morgan fingerprint density at radius 1 is 1.04 bits per heavy atom. The molecule has 1 aromatic heterocycles. The molecule has 4 heteroatoms. The fourth-order valence-electron chi connectivity index (χ4n) is 2.55. The van der Waals surface area contributed by atoms with Crippen LogP contribution in [0.5, 0.6) is 0 Å². The summed E-state index contributed by atoms with van der Waals surface area (Å²) in [6.07, 6.45) is 0.324. The largest absolute Gasteiger partial charge is 0.308 e. The Balaban J connectivity index is 1.85. The molecule has 0 spiro atoms. The Labute approximate surface area is 146 Å². The molecule has 0 radical (unpaired) electrons. The number of carbonyl (C=O) groups is 1. The molecule has 1 heterocycles. The Bertz CT molecular complexity index is 809. The van der Waals surface area contributed by atoms with Crippen molar-refractivity contribution in [1.29, 1.82) is 0 Å². The second-order valence-corrected chi connectivity index (χ2v) is 6.90. The zero-order valence-electron chi connectivity index (χ0n) is 13.9. The van der Waals surface area contributed by atoms with E-state index in [9.17, 15) is 4.79 Å². The summed E-state index contributed by atoms with van der Waals surface area (Å²) in [6, 6.07) is 18.1. The highest BCUT2D eigenvalue weighted by molar-refractivity contribution is 7.09. The fourth-order valence-corrected chi connectivity index (χ4v) is 3.17. The number of aromatic nitrogens is 1. The summed E-state index contributed by atoms with van der Waals surface area (Å²) in [5.74, 6) is 0.0630. The van der Waals surface area contributed by atoms with E-state index in [1.165, 1.54) is 5.56 Å². The van der Waals surface area contributed by atoms with Gasteiger partial charge in [-0.05, 0) is 31.5 Å². The van der Waals surface area contributed by atoms with E-state index in [0.717, 1.165) is 22.0 Å². The number of rotatable bonds is 5. The van der Waals surface area contributed by atoms with Crippen molar-refractivity contribution in [2.24, 2.45) is 0 Å². The number of carbonyl (C=O) groups excluding carboxylic acids is 1. The van der Waals surface area contributed by atoms with Crippen molar-refractivity contribution < 1.29 is 4.79 Å². The van der Waals surface area contributed by atoms with Crippen LogP contribution in [0.25, 0.3) is 0 Å². The van der Waals surface area contributed by atoms with Crippen molar-refractivity contribution in [2.75, 3.05) is 4.90 Å². The van der Waals surface area contributed by atoms with Crippen molar-refractivity contribution in [3.05, 3.63) is 81.8 Å². The van der Waals surface area contributed by atoms with Crippen LogP contribution in [-0.4, -0.2) is 10.9 Å². The molecular formula is C20H20N2OS. The van der Waals surface area contributed by atoms with Gasteiger partial charge in [0.15, 0.2) is 0 Å². The van der Waals surface area contributed by atoms with Gasteiger partial charge in [-0.1, -0.05) is 48.0 Å². The van der Waals surface area contributed by atoms with E-state index < -0.39 is 0 Å². The van der Waals surface area contributed by atoms with Gasteiger partial charge in [-0.2, -0.15) is 0 Å². The number of hydrogen-bond acceptors (Lipinski definition) is 3. The third kappa shape index (κ3) is 4.09. The summed E-state index contributed by atoms with van der Waals surface area (Å²) in [7, 11) is 0. The van der Waals surface area contributed by atoms with Crippen molar-refractivity contribution in [3.63, 3.8) is 0 Å². The van der Waals surface area contributed by atoms with E-state index in [-0.39, 0.29) is 5.91 Å². The summed E-state index contributed by atoms with van der Waals surface area (Å²) < 4.78 is 0. The second kappa shape index (κ2) is 7.41. The van der Waals surface area contributed by atoms with E-state index in [2.05, 4.69) is 4.98 Å². The zero-order valence-corrected chi connectivity index (χ0v) is 14.7. The molecule has 0 saturated carbocycles. The predicted molar refractivity (Wildman–Crippen MR) is 99.4 cm³/mol. The minimum atomic E-state index is 0.0630. The molecule has 24 heavy (non-hydrogen) atoms. The molecule has 122 valence electrons. The highest BCUT2D eigenvalue weighted by Crippen LogP contribution is 2.20. The first-order valence-electron chi connectivity index (χ1n) is 7.94. The van der Waals surface area contributed by atoms with Gasteiger partial charge >= 0.3 is 0 Å². The lowest BCUT2D eigenvalue weighted by molar-refractivity contribution is -0.118. The number of benzene rings is 2. The SMILES string of the molecule is Cc1ccc(N(Cc2ccccc2)C(=O)Cc2csc(C)n2)cc1. The number of aryl methyl sites for hydroxylation is 2. The van der Waals surface area contributed by atoms with Crippen molar-refractivity contribution >= 4 is 22.9 Å². The van der Waals surface area contributed by atoms with Crippen molar-refractivity contribution in [1.82, 2.24) is 4.98 Å². The van der Waals surface area contributed by atoms with Crippen LogP contribution in [0.2, 0.25) is 0 Å². The lowest BCUT2D eigenvalue weighted by atomic mass is 10.1. The lowest BCUT2D eigenvalue weighted by Crippen LogP contribution is -2.31. The average Bonchev–Trinajstić information content (AvgIpc) is 2.99. The van der Waals surface area contributed by atoms with Gasteiger partial charge in [0.1, 0.15) is 0 Å². The quantitative estimate of drug-likeness (QED) is 0.685. The first-order valence-corrected chi connectivity index (χ1v) is 8.82. The summed E-state index contributed by atoms with van der Waals surface area (Å²) in [6.45, 7) is 4.57. The number of anilines is 1. The standard InChI is InChI=1S/C20H20N2OS/c1-15-8-10-19(11-9-15)22(13-17-6-4-3-5-7-17)20(23)12-18-14-24-16(2)21-18/h3-11,14H,12-13H2,1-2H3. The highest BCUT2D eigenvalue weighted by atomic mass is 32.1. The third-order valence-corrected chi connectivity index (χ3v) is 4.65. The Hall–Kier alpha value is -2.46. The zero-order chi connectivity index (χ0) is 16.9. The first kappa shape index (κ1) is 16.4. The molecule has 2 aromatic carbocycles.